The van der Waals surface area contributed by atoms with Gasteiger partial charge in [-0.2, -0.15) is 5.10 Å². The zero-order valence-corrected chi connectivity index (χ0v) is 14.5. The van der Waals surface area contributed by atoms with E-state index in [2.05, 4.69) is 15.7 Å². The molecule has 2 N–H and O–H groups in total. The van der Waals surface area contributed by atoms with Crippen molar-refractivity contribution in [1.82, 2.24) is 20.4 Å². The van der Waals surface area contributed by atoms with Gasteiger partial charge in [0.05, 0.1) is 5.69 Å². The molecule has 2 amide bonds. The Morgan fingerprint density at radius 1 is 0.893 bits per heavy atom. The van der Waals surface area contributed by atoms with E-state index in [4.69, 9.17) is 0 Å². The smallest absolute Gasteiger partial charge is 0.271 e. The first-order valence-electron chi connectivity index (χ1n) is 8.28. The Bertz CT molecular complexity index is 1000. The Balaban J connectivity index is 1.52. The molecule has 9 heteroatoms. The van der Waals surface area contributed by atoms with Crippen LogP contribution in [0.1, 0.15) is 20.8 Å². The topological polar surface area (TPSA) is 76.0 Å². The van der Waals surface area contributed by atoms with Crippen molar-refractivity contribution in [3.63, 3.8) is 0 Å². The molecule has 3 rings (SSSR count). The molecule has 0 saturated carbocycles. The zero-order chi connectivity index (χ0) is 20.1. The van der Waals surface area contributed by atoms with E-state index in [1.165, 1.54) is 35.1 Å². The molecule has 144 valence electrons. The molecule has 0 aliphatic rings. The van der Waals surface area contributed by atoms with Crippen LogP contribution in [-0.2, 0) is 0 Å². The third-order valence-electron chi connectivity index (χ3n) is 3.78. The SMILES string of the molecule is O=C(NCCNC(=O)c1c(F)cccc1F)c1ccn(-c2cccc(F)c2)n1. The number of hydrogen-bond acceptors (Lipinski definition) is 3. The predicted molar refractivity (Wildman–Crippen MR) is 94.5 cm³/mol. The summed E-state index contributed by atoms with van der Waals surface area (Å²) in [6.07, 6.45) is 1.51. The number of nitrogens with zero attached hydrogens (tertiary/aromatic N) is 2. The Kier molecular flexibility index (Phi) is 5.73. The standard InChI is InChI=1S/C19H15F3N4O2/c20-12-3-1-4-13(11-12)26-10-7-16(25-26)18(27)23-8-9-24-19(28)17-14(21)5-2-6-15(17)22/h1-7,10-11H,8-9H2,(H,23,27)(H,24,28). The van der Waals surface area contributed by atoms with Crippen molar-refractivity contribution in [2.45, 2.75) is 0 Å². The lowest BCUT2D eigenvalue weighted by Gasteiger charge is -2.07. The number of carbonyl (C=O) groups is 2. The van der Waals surface area contributed by atoms with Crippen molar-refractivity contribution in [1.29, 1.82) is 0 Å². The van der Waals surface area contributed by atoms with Crippen LogP contribution in [-0.4, -0.2) is 34.7 Å². The van der Waals surface area contributed by atoms with Crippen molar-refractivity contribution in [3.8, 4) is 5.69 Å². The van der Waals surface area contributed by atoms with Gasteiger partial charge in [0.25, 0.3) is 11.8 Å². The minimum absolute atomic E-state index is 0.0213. The number of nitrogens with one attached hydrogen (secondary N) is 2. The maximum atomic E-state index is 13.5. The van der Waals surface area contributed by atoms with Crippen molar-refractivity contribution >= 4 is 11.8 Å². The summed E-state index contributed by atoms with van der Waals surface area (Å²) in [5.74, 6) is -3.79. The number of benzene rings is 2. The molecule has 0 unspecified atom stereocenters. The Morgan fingerprint density at radius 3 is 2.21 bits per heavy atom. The second kappa shape index (κ2) is 8.38. The van der Waals surface area contributed by atoms with E-state index in [1.54, 1.807) is 6.07 Å². The monoisotopic (exact) mass is 388 g/mol. The lowest BCUT2D eigenvalue weighted by Crippen LogP contribution is -2.35. The lowest BCUT2D eigenvalue weighted by molar-refractivity contribution is 0.0920. The third-order valence-corrected chi connectivity index (χ3v) is 3.78. The summed E-state index contributed by atoms with van der Waals surface area (Å²) < 4.78 is 41.7. The highest BCUT2D eigenvalue weighted by Crippen LogP contribution is 2.11. The molecule has 28 heavy (non-hydrogen) atoms. The molecule has 0 bridgehead atoms. The lowest BCUT2D eigenvalue weighted by atomic mass is 10.2. The van der Waals surface area contributed by atoms with Gasteiger partial charge in [0, 0.05) is 19.3 Å². The van der Waals surface area contributed by atoms with E-state index < -0.39 is 34.8 Å². The fourth-order valence-corrected chi connectivity index (χ4v) is 2.45. The van der Waals surface area contributed by atoms with Gasteiger partial charge in [0.1, 0.15) is 23.0 Å². The fourth-order valence-electron chi connectivity index (χ4n) is 2.45. The first-order chi connectivity index (χ1) is 13.5. The van der Waals surface area contributed by atoms with Gasteiger partial charge in [-0.25, -0.2) is 17.9 Å². The van der Waals surface area contributed by atoms with Crippen molar-refractivity contribution in [2.75, 3.05) is 13.1 Å². The molecule has 0 fully saturated rings. The van der Waals surface area contributed by atoms with Gasteiger partial charge in [-0.05, 0) is 36.4 Å². The average Bonchev–Trinajstić information content (AvgIpc) is 3.15. The van der Waals surface area contributed by atoms with Crippen LogP contribution in [0.5, 0.6) is 0 Å². The van der Waals surface area contributed by atoms with Crippen LogP contribution in [0.3, 0.4) is 0 Å². The van der Waals surface area contributed by atoms with E-state index in [0.717, 1.165) is 18.2 Å². The van der Waals surface area contributed by atoms with E-state index in [0.29, 0.717) is 5.69 Å². The number of hydrogen-bond donors (Lipinski definition) is 2. The molecule has 0 aliphatic carbocycles. The van der Waals surface area contributed by atoms with Crippen LogP contribution < -0.4 is 10.6 Å². The largest absolute Gasteiger partial charge is 0.350 e. The highest BCUT2D eigenvalue weighted by atomic mass is 19.1. The van der Waals surface area contributed by atoms with Crippen LogP contribution in [0.15, 0.2) is 54.7 Å². The quantitative estimate of drug-likeness (QED) is 0.637. The maximum absolute atomic E-state index is 13.5. The van der Waals surface area contributed by atoms with Gasteiger partial charge in [0.15, 0.2) is 5.69 Å². The molecule has 2 aromatic carbocycles. The molecule has 0 aliphatic heterocycles. The second-order valence-corrected chi connectivity index (χ2v) is 5.73. The molecular formula is C19H15F3N4O2. The molecule has 1 aromatic heterocycles. The molecule has 1 heterocycles. The summed E-state index contributed by atoms with van der Waals surface area (Å²) in [7, 11) is 0. The van der Waals surface area contributed by atoms with Crippen LogP contribution in [0.2, 0.25) is 0 Å². The molecule has 0 spiro atoms. The molecular weight excluding hydrogens is 373 g/mol. The summed E-state index contributed by atoms with van der Waals surface area (Å²) >= 11 is 0. The highest BCUT2D eigenvalue weighted by molar-refractivity contribution is 5.95. The molecule has 0 radical (unpaired) electrons. The average molecular weight is 388 g/mol. The third kappa shape index (κ3) is 4.37. The van der Waals surface area contributed by atoms with Crippen molar-refractivity contribution in [2.24, 2.45) is 0 Å². The summed E-state index contributed by atoms with van der Waals surface area (Å²) in [5, 5.41) is 8.90. The van der Waals surface area contributed by atoms with Gasteiger partial charge in [-0.15, -0.1) is 0 Å². The first kappa shape index (κ1) is 19.2. The van der Waals surface area contributed by atoms with Gasteiger partial charge >= 0.3 is 0 Å². The maximum Gasteiger partial charge on any atom is 0.271 e. The highest BCUT2D eigenvalue weighted by Gasteiger charge is 2.16. The number of amides is 2. The van der Waals surface area contributed by atoms with Gasteiger partial charge in [-0.3, -0.25) is 9.59 Å². The number of rotatable bonds is 6. The van der Waals surface area contributed by atoms with E-state index >= 15 is 0 Å². The second-order valence-electron chi connectivity index (χ2n) is 5.73. The van der Waals surface area contributed by atoms with E-state index in [9.17, 15) is 22.8 Å². The predicted octanol–water partition coefficient (Wildman–Crippen LogP) is 2.45. The summed E-state index contributed by atoms with van der Waals surface area (Å²) in [6.45, 7) is -0.0174. The van der Waals surface area contributed by atoms with E-state index in [1.807, 2.05) is 0 Å². The molecule has 6 nitrogen and oxygen atoms in total. The van der Waals surface area contributed by atoms with E-state index in [-0.39, 0.29) is 18.8 Å². The molecule has 0 saturated heterocycles. The van der Waals surface area contributed by atoms with Crippen molar-refractivity contribution < 1.29 is 22.8 Å². The Morgan fingerprint density at radius 2 is 1.54 bits per heavy atom. The molecule has 3 aromatic rings. The van der Waals surface area contributed by atoms with Crippen LogP contribution in [0.4, 0.5) is 13.2 Å². The number of carbonyl (C=O) groups excluding carboxylic acids is 2. The van der Waals surface area contributed by atoms with Gasteiger partial charge < -0.3 is 10.6 Å². The van der Waals surface area contributed by atoms with Gasteiger partial charge in [-0.1, -0.05) is 12.1 Å². The number of aromatic nitrogens is 2. The van der Waals surface area contributed by atoms with Crippen molar-refractivity contribution in [3.05, 3.63) is 83.4 Å². The Labute approximate surface area is 158 Å². The first-order valence-corrected chi connectivity index (χ1v) is 8.28. The molecule has 0 atom stereocenters. The van der Waals surface area contributed by atoms with Crippen LogP contribution >= 0.6 is 0 Å². The van der Waals surface area contributed by atoms with Crippen LogP contribution in [0, 0.1) is 17.5 Å². The minimum Gasteiger partial charge on any atom is -0.350 e. The Hall–Kier alpha value is -3.62. The fraction of sp³-hybridized carbons (Fsp3) is 0.105. The van der Waals surface area contributed by atoms with Gasteiger partial charge in [0.2, 0.25) is 0 Å². The minimum atomic E-state index is -0.968. The number of halogens is 3. The zero-order valence-electron chi connectivity index (χ0n) is 14.5. The summed E-state index contributed by atoms with van der Waals surface area (Å²) in [6, 6.07) is 10.3. The normalized spacial score (nSPS) is 10.5. The summed E-state index contributed by atoms with van der Waals surface area (Å²) in [5.41, 5.74) is -0.128. The van der Waals surface area contributed by atoms with Crippen LogP contribution in [0.25, 0.3) is 5.69 Å². The summed E-state index contributed by atoms with van der Waals surface area (Å²) in [4.78, 5) is 23.9.